The maximum Gasteiger partial charge on any atom is 0.350 e. The van der Waals surface area contributed by atoms with Crippen LogP contribution in [-0.2, 0) is 19.7 Å². The number of unbranched alkanes of at least 4 members (excludes halogenated alkanes) is 1. The average molecular weight is 354 g/mol. The molecule has 0 fully saturated rings. The molecule has 0 saturated heterocycles. The van der Waals surface area contributed by atoms with Gasteiger partial charge in [0.15, 0.2) is 0 Å². The zero-order chi connectivity index (χ0) is 17.9. The lowest BCUT2D eigenvalue weighted by molar-refractivity contribution is -0.170. The van der Waals surface area contributed by atoms with Gasteiger partial charge >= 0.3 is 5.97 Å². The van der Waals surface area contributed by atoms with Crippen LogP contribution < -0.4 is 4.72 Å². The molecule has 0 radical (unpaired) electrons. The molecule has 0 saturated carbocycles. The number of hydroxylamine groups is 2. The number of hydrogen-bond acceptors (Lipinski definition) is 6. The van der Waals surface area contributed by atoms with E-state index in [4.69, 9.17) is 4.84 Å². The van der Waals surface area contributed by atoms with Crippen molar-refractivity contribution in [2.75, 3.05) is 5.75 Å². The molecule has 0 bridgehead atoms. The van der Waals surface area contributed by atoms with E-state index in [-0.39, 0.29) is 16.9 Å². The predicted molar refractivity (Wildman–Crippen MR) is 84.3 cm³/mol. The first kappa shape index (κ1) is 18.1. The third-order valence-electron chi connectivity index (χ3n) is 3.41. The third kappa shape index (κ3) is 3.80. The van der Waals surface area contributed by atoms with Crippen molar-refractivity contribution in [3.05, 3.63) is 35.4 Å². The highest BCUT2D eigenvalue weighted by molar-refractivity contribution is 7.89. The van der Waals surface area contributed by atoms with Crippen LogP contribution in [0.2, 0.25) is 0 Å². The molecule has 1 unspecified atom stereocenters. The summed E-state index contributed by atoms with van der Waals surface area (Å²) in [6.45, 7) is 3.12. The molecule has 1 aromatic carbocycles. The number of sulfonamides is 1. The fourth-order valence-electron chi connectivity index (χ4n) is 2.13. The van der Waals surface area contributed by atoms with Gasteiger partial charge in [-0.05, 0) is 25.5 Å². The van der Waals surface area contributed by atoms with Gasteiger partial charge in [-0.1, -0.05) is 30.5 Å². The van der Waals surface area contributed by atoms with E-state index >= 15 is 0 Å². The molecule has 0 aromatic heterocycles. The summed E-state index contributed by atoms with van der Waals surface area (Å²) in [5, 5.41) is 0.351. The van der Waals surface area contributed by atoms with Gasteiger partial charge in [0.2, 0.25) is 10.0 Å². The number of rotatable bonds is 7. The number of imide groups is 1. The van der Waals surface area contributed by atoms with E-state index in [2.05, 4.69) is 4.72 Å². The van der Waals surface area contributed by atoms with Gasteiger partial charge in [-0.25, -0.2) is 17.9 Å². The Kier molecular flexibility index (Phi) is 5.35. The predicted octanol–water partition coefficient (Wildman–Crippen LogP) is 0.849. The quantitative estimate of drug-likeness (QED) is 0.727. The fourth-order valence-corrected chi connectivity index (χ4v) is 3.55. The van der Waals surface area contributed by atoms with E-state index in [0.29, 0.717) is 17.9 Å². The van der Waals surface area contributed by atoms with Crippen molar-refractivity contribution in [2.24, 2.45) is 0 Å². The molecule has 130 valence electrons. The number of benzene rings is 1. The van der Waals surface area contributed by atoms with Crippen molar-refractivity contribution in [3.8, 4) is 0 Å². The summed E-state index contributed by atoms with van der Waals surface area (Å²) < 4.78 is 25.7. The summed E-state index contributed by atoms with van der Waals surface area (Å²) >= 11 is 0. The summed E-state index contributed by atoms with van der Waals surface area (Å²) in [6, 6.07) is 4.83. The fraction of sp³-hybridized carbons (Fsp3) is 0.400. The zero-order valence-corrected chi connectivity index (χ0v) is 14.1. The van der Waals surface area contributed by atoms with Crippen molar-refractivity contribution in [1.29, 1.82) is 0 Å². The van der Waals surface area contributed by atoms with Crippen LogP contribution in [-0.4, -0.2) is 43.1 Å². The molecule has 0 aliphatic carbocycles. The lowest BCUT2D eigenvalue weighted by Crippen LogP contribution is -2.44. The van der Waals surface area contributed by atoms with Crippen molar-refractivity contribution in [2.45, 2.75) is 32.7 Å². The Balaban J connectivity index is 2.03. The Hall–Kier alpha value is -2.26. The Labute approximate surface area is 139 Å². The van der Waals surface area contributed by atoms with E-state index in [0.717, 1.165) is 0 Å². The number of carbonyl (C=O) groups excluding carboxylic acids is 3. The number of nitrogens with one attached hydrogen (secondary N) is 1. The normalized spacial score (nSPS) is 15.3. The van der Waals surface area contributed by atoms with Gasteiger partial charge in [-0.2, -0.15) is 0 Å². The van der Waals surface area contributed by atoms with E-state index in [1.54, 1.807) is 12.1 Å². The van der Waals surface area contributed by atoms with Gasteiger partial charge in [0.25, 0.3) is 11.8 Å². The standard InChI is InChI=1S/C15H18N2O6S/c1-3-4-9-24(21,22)16-10(2)15(20)23-17-13(18)11-7-5-6-8-12(11)14(17)19/h5-8,10,16H,3-4,9H2,1-2H3. The number of nitrogens with zero attached hydrogens (tertiary/aromatic N) is 1. The lowest BCUT2D eigenvalue weighted by Gasteiger charge is -2.17. The second-order valence-corrected chi connectivity index (χ2v) is 7.25. The minimum atomic E-state index is -3.64. The van der Waals surface area contributed by atoms with Crippen LogP contribution in [0, 0.1) is 0 Å². The van der Waals surface area contributed by atoms with Gasteiger partial charge in [-0.3, -0.25) is 9.59 Å². The van der Waals surface area contributed by atoms with E-state index in [9.17, 15) is 22.8 Å². The van der Waals surface area contributed by atoms with Gasteiger partial charge in [0, 0.05) is 0 Å². The van der Waals surface area contributed by atoms with Crippen molar-refractivity contribution in [1.82, 2.24) is 9.79 Å². The monoisotopic (exact) mass is 354 g/mol. The molecule has 1 N–H and O–H groups in total. The number of carbonyl (C=O) groups is 3. The Morgan fingerprint density at radius 3 is 2.25 bits per heavy atom. The van der Waals surface area contributed by atoms with Crippen molar-refractivity contribution >= 4 is 27.8 Å². The highest BCUT2D eigenvalue weighted by Gasteiger charge is 2.39. The van der Waals surface area contributed by atoms with Gasteiger partial charge in [-0.15, -0.1) is 0 Å². The molecule has 0 spiro atoms. The van der Waals surface area contributed by atoms with Crippen LogP contribution >= 0.6 is 0 Å². The Morgan fingerprint density at radius 1 is 1.21 bits per heavy atom. The maximum atomic E-state index is 12.1. The molecular weight excluding hydrogens is 336 g/mol. The summed E-state index contributed by atoms with van der Waals surface area (Å²) in [4.78, 5) is 41.0. The first-order chi connectivity index (χ1) is 11.3. The second kappa shape index (κ2) is 7.10. The van der Waals surface area contributed by atoms with Crippen LogP contribution in [0.3, 0.4) is 0 Å². The molecule has 8 nitrogen and oxygen atoms in total. The Morgan fingerprint density at radius 2 is 1.75 bits per heavy atom. The average Bonchev–Trinajstić information content (AvgIpc) is 2.78. The third-order valence-corrected chi connectivity index (χ3v) is 4.95. The maximum absolute atomic E-state index is 12.1. The summed E-state index contributed by atoms with van der Waals surface area (Å²) in [6.07, 6.45) is 1.14. The van der Waals surface area contributed by atoms with Crippen LogP contribution in [0.25, 0.3) is 0 Å². The number of fused-ring (bicyclic) bond motifs is 1. The number of hydrogen-bond donors (Lipinski definition) is 1. The van der Waals surface area contributed by atoms with E-state index in [1.165, 1.54) is 19.1 Å². The summed E-state index contributed by atoms with van der Waals surface area (Å²) in [5.41, 5.74) is 0.262. The van der Waals surface area contributed by atoms with Crippen LogP contribution in [0.5, 0.6) is 0 Å². The van der Waals surface area contributed by atoms with Crippen molar-refractivity contribution < 1.29 is 27.6 Å². The van der Waals surface area contributed by atoms with Gasteiger partial charge in [0.05, 0.1) is 16.9 Å². The Bertz CT molecular complexity index is 739. The van der Waals surface area contributed by atoms with Crippen LogP contribution in [0.4, 0.5) is 0 Å². The van der Waals surface area contributed by atoms with Gasteiger partial charge in [0.1, 0.15) is 6.04 Å². The molecule has 1 aromatic rings. The molecule has 2 amide bonds. The first-order valence-electron chi connectivity index (χ1n) is 7.46. The molecule has 1 aliphatic heterocycles. The molecule has 2 rings (SSSR count). The second-order valence-electron chi connectivity index (χ2n) is 5.37. The molecule has 1 heterocycles. The van der Waals surface area contributed by atoms with Gasteiger partial charge < -0.3 is 4.84 Å². The molecular formula is C15H18N2O6S. The minimum absolute atomic E-state index is 0.117. The zero-order valence-electron chi connectivity index (χ0n) is 13.3. The SMILES string of the molecule is CCCCS(=O)(=O)NC(C)C(=O)ON1C(=O)c2ccccc2C1=O. The lowest BCUT2D eigenvalue weighted by atomic mass is 10.1. The molecule has 1 aliphatic rings. The molecule has 1 atom stereocenters. The highest BCUT2D eigenvalue weighted by atomic mass is 32.2. The number of amides is 2. The molecule has 24 heavy (non-hydrogen) atoms. The van der Waals surface area contributed by atoms with Crippen LogP contribution in [0.15, 0.2) is 24.3 Å². The summed E-state index contributed by atoms with van der Waals surface area (Å²) in [5.74, 6) is -2.67. The minimum Gasteiger partial charge on any atom is -0.328 e. The highest BCUT2D eigenvalue weighted by Crippen LogP contribution is 2.22. The molecule has 9 heteroatoms. The van der Waals surface area contributed by atoms with Crippen molar-refractivity contribution in [3.63, 3.8) is 0 Å². The van der Waals surface area contributed by atoms with E-state index < -0.39 is 33.8 Å². The van der Waals surface area contributed by atoms with Crippen LogP contribution in [0.1, 0.15) is 47.4 Å². The summed E-state index contributed by atoms with van der Waals surface area (Å²) in [7, 11) is -3.64. The smallest absolute Gasteiger partial charge is 0.328 e. The van der Waals surface area contributed by atoms with E-state index in [1.807, 2.05) is 6.92 Å². The topological polar surface area (TPSA) is 110 Å². The largest absolute Gasteiger partial charge is 0.350 e. The first-order valence-corrected chi connectivity index (χ1v) is 9.11.